The summed E-state index contributed by atoms with van der Waals surface area (Å²) in [5.74, 6) is -0.0287. The van der Waals surface area contributed by atoms with Crippen LogP contribution in [0.25, 0.3) is 0 Å². The molecule has 2 unspecified atom stereocenters. The fraction of sp³-hybridized carbons (Fsp3) is 0.615. The topological polar surface area (TPSA) is 84.7 Å². The Morgan fingerprint density at radius 1 is 1.06 bits per heavy atom. The second-order valence-electron chi connectivity index (χ2n) is 10.8. The zero-order valence-electron chi connectivity index (χ0n) is 19.7. The Bertz CT molecular complexity index is 1150. The van der Waals surface area contributed by atoms with Gasteiger partial charge in [-0.3, -0.25) is 9.97 Å². The number of hydrogen-bond donors (Lipinski definition) is 2. The van der Waals surface area contributed by atoms with Crippen molar-refractivity contribution < 1.29 is 32.9 Å². The minimum absolute atomic E-state index is 0.0287. The molecule has 6 rings (SSSR count). The van der Waals surface area contributed by atoms with E-state index in [4.69, 9.17) is 14.5 Å². The molecule has 0 amide bonds. The van der Waals surface area contributed by atoms with Gasteiger partial charge in [-0.15, -0.1) is 0 Å². The van der Waals surface area contributed by atoms with Crippen LogP contribution >= 0.6 is 0 Å². The summed E-state index contributed by atoms with van der Waals surface area (Å²) in [4.78, 5) is 8.62. The van der Waals surface area contributed by atoms with Crippen LogP contribution in [0.3, 0.4) is 0 Å². The molecule has 1 saturated carbocycles. The molecule has 0 bridgehead atoms. The van der Waals surface area contributed by atoms with Crippen LogP contribution in [-0.2, 0) is 21.3 Å². The van der Waals surface area contributed by atoms with E-state index in [1.807, 2.05) is 13.8 Å². The third-order valence-corrected chi connectivity index (χ3v) is 8.28. The van der Waals surface area contributed by atoms with E-state index in [2.05, 4.69) is 4.98 Å². The van der Waals surface area contributed by atoms with Crippen molar-refractivity contribution in [2.75, 3.05) is 13.2 Å². The average molecular weight is 491 g/mol. The molecule has 1 saturated heterocycles. The maximum atomic E-state index is 13.2. The van der Waals surface area contributed by atoms with Crippen molar-refractivity contribution in [3.8, 4) is 0 Å². The number of nitrogens with zero attached hydrogens (tertiary/aromatic N) is 2. The smallest absolute Gasteiger partial charge is 0.388 e. The molecule has 2 spiro atoms. The zero-order chi connectivity index (χ0) is 24.8. The third-order valence-electron chi connectivity index (χ3n) is 8.28. The lowest BCUT2D eigenvalue weighted by molar-refractivity contribution is -0.141. The van der Waals surface area contributed by atoms with E-state index in [0.29, 0.717) is 49.3 Å². The zero-order valence-corrected chi connectivity index (χ0v) is 19.7. The molecule has 188 valence electrons. The van der Waals surface area contributed by atoms with Gasteiger partial charge >= 0.3 is 6.18 Å². The van der Waals surface area contributed by atoms with Crippen molar-refractivity contribution in [2.45, 2.75) is 82.0 Å². The van der Waals surface area contributed by atoms with Crippen molar-refractivity contribution in [3.05, 3.63) is 57.7 Å². The molecule has 2 N–H and O–H groups in total. The van der Waals surface area contributed by atoms with Gasteiger partial charge < -0.3 is 19.7 Å². The van der Waals surface area contributed by atoms with Gasteiger partial charge in [0.1, 0.15) is 17.9 Å². The number of halogens is 3. The second-order valence-corrected chi connectivity index (χ2v) is 10.8. The highest BCUT2D eigenvalue weighted by atomic mass is 19.4. The van der Waals surface area contributed by atoms with Crippen LogP contribution in [0.1, 0.15) is 110 Å². The lowest BCUT2D eigenvalue weighted by Crippen LogP contribution is -2.37. The third kappa shape index (κ3) is 3.46. The van der Waals surface area contributed by atoms with E-state index in [0.717, 1.165) is 35.7 Å². The SMILES string of the molecule is CC(C)c1nc2c(c3c1C(c1ccc(C(F)(F)F)nc1)OC31CCOCC1)C(O)CC1(CC1)[C@H]2O. The second kappa shape index (κ2) is 7.71. The fourth-order valence-electron chi connectivity index (χ4n) is 6.30. The summed E-state index contributed by atoms with van der Waals surface area (Å²) in [5, 5.41) is 22.7. The van der Waals surface area contributed by atoms with Crippen LogP contribution in [0.4, 0.5) is 13.2 Å². The summed E-state index contributed by atoms with van der Waals surface area (Å²) < 4.78 is 51.9. The maximum absolute atomic E-state index is 13.2. The van der Waals surface area contributed by atoms with Gasteiger partial charge in [-0.2, -0.15) is 13.2 Å². The maximum Gasteiger partial charge on any atom is 0.433 e. The van der Waals surface area contributed by atoms with Crippen LogP contribution < -0.4 is 0 Å². The highest BCUT2D eigenvalue weighted by Crippen LogP contribution is 2.65. The predicted octanol–water partition coefficient (Wildman–Crippen LogP) is 4.99. The van der Waals surface area contributed by atoms with Crippen LogP contribution in [0, 0.1) is 5.41 Å². The Labute approximate surface area is 201 Å². The first-order valence-corrected chi connectivity index (χ1v) is 12.3. The molecule has 3 atom stereocenters. The molecule has 2 aromatic rings. The fourth-order valence-corrected chi connectivity index (χ4v) is 6.30. The van der Waals surface area contributed by atoms with E-state index in [9.17, 15) is 23.4 Å². The molecule has 0 radical (unpaired) electrons. The molecule has 6 nitrogen and oxygen atoms in total. The van der Waals surface area contributed by atoms with Crippen molar-refractivity contribution in [1.82, 2.24) is 9.97 Å². The molecule has 4 heterocycles. The molecule has 2 aliphatic heterocycles. The molecule has 2 aromatic heterocycles. The molecule has 0 aromatic carbocycles. The molecular weight excluding hydrogens is 461 g/mol. The van der Waals surface area contributed by atoms with Crippen LogP contribution in [0.5, 0.6) is 0 Å². The number of aliphatic hydroxyl groups is 2. The van der Waals surface area contributed by atoms with Gasteiger partial charge in [0.05, 0.1) is 17.4 Å². The molecular formula is C26H29F3N2O4. The van der Waals surface area contributed by atoms with E-state index in [-0.39, 0.29) is 11.3 Å². The van der Waals surface area contributed by atoms with Crippen molar-refractivity contribution in [1.29, 1.82) is 0 Å². The van der Waals surface area contributed by atoms with Crippen molar-refractivity contribution in [2.24, 2.45) is 5.41 Å². The van der Waals surface area contributed by atoms with Crippen molar-refractivity contribution >= 4 is 0 Å². The summed E-state index contributed by atoms with van der Waals surface area (Å²) >= 11 is 0. The number of alkyl halides is 3. The molecule has 2 fully saturated rings. The summed E-state index contributed by atoms with van der Waals surface area (Å²) in [7, 11) is 0. The molecule has 4 aliphatic rings. The molecule has 9 heteroatoms. The average Bonchev–Trinajstić information content (AvgIpc) is 3.53. The van der Waals surface area contributed by atoms with Crippen molar-refractivity contribution in [3.63, 3.8) is 0 Å². The van der Waals surface area contributed by atoms with E-state index in [1.165, 1.54) is 12.3 Å². The minimum Gasteiger partial charge on any atom is -0.388 e. The first-order chi connectivity index (χ1) is 16.6. The van der Waals surface area contributed by atoms with E-state index in [1.54, 1.807) is 0 Å². The quantitative estimate of drug-likeness (QED) is 0.617. The van der Waals surface area contributed by atoms with Gasteiger partial charge in [0.15, 0.2) is 0 Å². The number of aromatic nitrogens is 2. The number of rotatable bonds is 2. The molecule has 2 aliphatic carbocycles. The summed E-state index contributed by atoms with van der Waals surface area (Å²) in [6.45, 7) is 4.94. The van der Waals surface area contributed by atoms with Gasteiger partial charge in [-0.1, -0.05) is 19.9 Å². The van der Waals surface area contributed by atoms with Gasteiger partial charge in [-0.05, 0) is 36.8 Å². The van der Waals surface area contributed by atoms with Gasteiger partial charge in [0.25, 0.3) is 0 Å². The van der Waals surface area contributed by atoms with Gasteiger partial charge in [0.2, 0.25) is 0 Å². The minimum atomic E-state index is -4.53. The Balaban J connectivity index is 1.58. The van der Waals surface area contributed by atoms with Gasteiger partial charge in [-0.25, -0.2) is 0 Å². The predicted molar refractivity (Wildman–Crippen MR) is 118 cm³/mol. The summed E-state index contributed by atoms with van der Waals surface area (Å²) in [5.41, 5.74) is 2.02. The van der Waals surface area contributed by atoms with Gasteiger partial charge in [0, 0.05) is 60.1 Å². The van der Waals surface area contributed by atoms with Crippen LogP contribution in [0.2, 0.25) is 0 Å². The summed E-state index contributed by atoms with van der Waals surface area (Å²) in [6.07, 6.45) is -2.24. The first-order valence-electron chi connectivity index (χ1n) is 12.3. The monoisotopic (exact) mass is 490 g/mol. The van der Waals surface area contributed by atoms with Crippen LogP contribution in [-0.4, -0.2) is 33.4 Å². The Kier molecular flexibility index (Phi) is 5.14. The van der Waals surface area contributed by atoms with E-state index < -0.39 is 35.8 Å². The normalized spacial score (nSPS) is 28.4. The highest BCUT2D eigenvalue weighted by Gasteiger charge is 2.59. The largest absolute Gasteiger partial charge is 0.433 e. The number of hydrogen-bond acceptors (Lipinski definition) is 6. The molecule has 35 heavy (non-hydrogen) atoms. The number of pyridine rings is 2. The highest BCUT2D eigenvalue weighted by molar-refractivity contribution is 5.55. The van der Waals surface area contributed by atoms with Crippen LogP contribution in [0.15, 0.2) is 18.3 Å². The first kappa shape index (κ1) is 23.3. The number of fused-ring (bicyclic) bond motifs is 4. The summed E-state index contributed by atoms with van der Waals surface area (Å²) in [6, 6.07) is 2.39. The standard InChI is InChI=1S/C26H29F3N2O4/c1-13(2)20-18-19(17-15(32)11-24(5-6-24)23(33)21(17)31-20)25(7-9-34-10-8-25)35-22(18)14-3-4-16(30-12-14)26(27,28)29/h3-4,12-13,15,22-23,32-33H,5-11H2,1-2H3/t15?,22?,23-/m0/s1. The lowest BCUT2D eigenvalue weighted by Gasteiger charge is -2.40. The Hall–Kier alpha value is -2.07. The number of ether oxygens (including phenoxy) is 2. The Morgan fingerprint density at radius 3 is 2.34 bits per heavy atom. The number of aliphatic hydroxyl groups excluding tert-OH is 2. The lowest BCUT2D eigenvalue weighted by atomic mass is 9.72. The Morgan fingerprint density at radius 2 is 1.77 bits per heavy atom. The van der Waals surface area contributed by atoms with E-state index >= 15 is 0 Å².